The lowest BCUT2D eigenvalue weighted by molar-refractivity contribution is 0.0592. The van der Waals surface area contributed by atoms with Gasteiger partial charge in [-0.3, -0.25) is 0 Å². The normalized spacial score (nSPS) is 10.6. The molecule has 20 heavy (non-hydrogen) atoms. The van der Waals surface area contributed by atoms with E-state index in [1.54, 1.807) is 13.0 Å². The maximum atomic E-state index is 11.9. The third-order valence-corrected chi connectivity index (χ3v) is 2.85. The van der Waals surface area contributed by atoms with Crippen LogP contribution >= 0.6 is 11.6 Å². The number of halogens is 1. The van der Waals surface area contributed by atoms with Crippen LogP contribution in [0.3, 0.4) is 0 Å². The highest BCUT2D eigenvalue weighted by molar-refractivity contribution is 6.29. The van der Waals surface area contributed by atoms with Crippen molar-refractivity contribution in [1.82, 2.24) is 24.8 Å². The summed E-state index contributed by atoms with van der Waals surface area (Å²) < 4.78 is 6.99. The Balaban J connectivity index is 2.40. The van der Waals surface area contributed by atoms with Crippen LogP contribution in [-0.4, -0.2) is 37.9 Å². The number of methoxy groups -OCH3 is 1. The Morgan fingerprint density at radius 1 is 1.35 bits per heavy atom. The van der Waals surface area contributed by atoms with Gasteiger partial charge >= 0.3 is 11.7 Å². The van der Waals surface area contributed by atoms with Crippen LogP contribution in [0, 0.1) is 0 Å². The molecule has 2 heterocycles. The van der Waals surface area contributed by atoms with Gasteiger partial charge in [0.05, 0.1) is 13.7 Å². The van der Waals surface area contributed by atoms with Crippen molar-refractivity contribution in [2.45, 2.75) is 20.0 Å². The van der Waals surface area contributed by atoms with Crippen LogP contribution in [-0.2, 0) is 17.8 Å². The summed E-state index contributed by atoms with van der Waals surface area (Å²) in [5, 5.41) is 7.60. The molecule has 0 fully saturated rings. The maximum absolute atomic E-state index is 11.9. The number of carbonyl (C=O) groups excluding carboxylic acids is 1. The van der Waals surface area contributed by atoms with Crippen LogP contribution < -0.4 is 5.69 Å². The van der Waals surface area contributed by atoms with E-state index in [1.807, 2.05) is 0 Å². The van der Waals surface area contributed by atoms with E-state index >= 15 is 0 Å². The van der Waals surface area contributed by atoms with E-state index < -0.39 is 5.97 Å². The Morgan fingerprint density at radius 3 is 2.65 bits per heavy atom. The largest absolute Gasteiger partial charge is 0.464 e. The molecule has 0 aliphatic carbocycles. The van der Waals surface area contributed by atoms with Gasteiger partial charge in [0.1, 0.15) is 5.15 Å². The minimum Gasteiger partial charge on any atom is -0.464 e. The van der Waals surface area contributed by atoms with Crippen molar-refractivity contribution in [1.29, 1.82) is 0 Å². The van der Waals surface area contributed by atoms with E-state index in [9.17, 15) is 9.59 Å². The zero-order chi connectivity index (χ0) is 14.7. The van der Waals surface area contributed by atoms with E-state index in [0.717, 1.165) is 4.68 Å². The van der Waals surface area contributed by atoms with Gasteiger partial charge in [0.15, 0.2) is 5.69 Å². The fourth-order valence-electron chi connectivity index (χ4n) is 1.63. The lowest BCUT2D eigenvalue weighted by atomic mass is 10.2. The minimum atomic E-state index is -0.626. The highest BCUT2D eigenvalue weighted by Crippen LogP contribution is 2.13. The first-order valence-corrected chi connectivity index (χ1v) is 6.19. The number of rotatable bonds is 4. The van der Waals surface area contributed by atoms with Crippen LogP contribution in [0.4, 0.5) is 0 Å². The molecule has 0 bridgehead atoms. The average Bonchev–Trinajstić information content (AvgIpc) is 2.80. The number of pyridine rings is 1. The average molecular weight is 298 g/mol. The molecule has 8 nitrogen and oxygen atoms in total. The zero-order valence-corrected chi connectivity index (χ0v) is 11.7. The SMILES string of the molecule is CCn1nnn(Cc2ccc(Cl)nc2C(=O)OC)c1=O. The van der Waals surface area contributed by atoms with Gasteiger partial charge in [0.2, 0.25) is 0 Å². The minimum absolute atomic E-state index is 0.0537. The van der Waals surface area contributed by atoms with Gasteiger partial charge in [-0.2, -0.15) is 9.36 Å². The Bertz CT molecular complexity index is 694. The monoisotopic (exact) mass is 297 g/mol. The number of tetrazole rings is 1. The second kappa shape index (κ2) is 5.83. The molecule has 2 aromatic heterocycles. The van der Waals surface area contributed by atoms with Crippen molar-refractivity contribution in [3.8, 4) is 0 Å². The van der Waals surface area contributed by atoms with E-state index in [0.29, 0.717) is 12.1 Å². The topological polar surface area (TPSA) is 91.9 Å². The van der Waals surface area contributed by atoms with Crippen molar-refractivity contribution in [2.24, 2.45) is 0 Å². The first kappa shape index (κ1) is 14.2. The van der Waals surface area contributed by atoms with Crippen LogP contribution in [0.5, 0.6) is 0 Å². The summed E-state index contributed by atoms with van der Waals surface area (Å²) in [6.45, 7) is 2.26. The Hall–Kier alpha value is -2.22. The van der Waals surface area contributed by atoms with Gasteiger partial charge in [-0.25, -0.2) is 14.6 Å². The fourth-order valence-corrected chi connectivity index (χ4v) is 1.78. The molecular weight excluding hydrogens is 286 g/mol. The number of nitrogens with zero attached hydrogens (tertiary/aromatic N) is 5. The predicted octanol–water partition coefficient (Wildman–Crippen LogP) is 0.343. The first-order valence-electron chi connectivity index (χ1n) is 5.81. The Labute approximate surface area is 118 Å². The summed E-state index contributed by atoms with van der Waals surface area (Å²) in [7, 11) is 1.24. The quantitative estimate of drug-likeness (QED) is 0.597. The summed E-state index contributed by atoms with van der Waals surface area (Å²) in [5.41, 5.74) is 0.169. The molecule has 2 rings (SSSR count). The van der Waals surface area contributed by atoms with Crippen LogP contribution in [0.2, 0.25) is 5.15 Å². The van der Waals surface area contributed by atoms with E-state index in [2.05, 4.69) is 20.1 Å². The molecule has 0 aliphatic rings. The molecule has 0 aromatic carbocycles. The third kappa shape index (κ3) is 2.69. The van der Waals surface area contributed by atoms with Crippen molar-refractivity contribution in [3.63, 3.8) is 0 Å². The molecular formula is C11H12ClN5O3. The summed E-state index contributed by atoms with van der Waals surface area (Å²) in [6.07, 6.45) is 0. The van der Waals surface area contributed by atoms with Crippen molar-refractivity contribution in [2.75, 3.05) is 7.11 Å². The van der Waals surface area contributed by atoms with Gasteiger partial charge in [0.25, 0.3) is 0 Å². The van der Waals surface area contributed by atoms with Gasteiger partial charge in [-0.05, 0) is 23.4 Å². The number of hydrogen-bond acceptors (Lipinski definition) is 6. The molecule has 9 heteroatoms. The number of aryl methyl sites for hydroxylation is 1. The Kier molecular flexibility index (Phi) is 4.14. The van der Waals surface area contributed by atoms with Crippen molar-refractivity contribution < 1.29 is 9.53 Å². The molecule has 0 radical (unpaired) electrons. The van der Waals surface area contributed by atoms with Crippen LogP contribution in [0.25, 0.3) is 0 Å². The smallest absolute Gasteiger partial charge is 0.363 e. The van der Waals surface area contributed by atoms with Gasteiger partial charge in [-0.1, -0.05) is 17.7 Å². The van der Waals surface area contributed by atoms with Gasteiger partial charge < -0.3 is 4.74 Å². The number of carbonyl (C=O) groups is 1. The highest BCUT2D eigenvalue weighted by atomic mass is 35.5. The fraction of sp³-hybridized carbons (Fsp3) is 0.364. The summed E-state index contributed by atoms with van der Waals surface area (Å²) in [4.78, 5) is 27.4. The van der Waals surface area contributed by atoms with Crippen molar-refractivity contribution >= 4 is 17.6 Å². The molecule has 0 N–H and O–H groups in total. The molecule has 0 amide bonds. The highest BCUT2D eigenvalue weighted by Gasteiger charge is 2.16. The third-order valence-electron chi connectivity index (χ3n) is 2.64. The second-order valence-electron chi connectivity index (χ2n) is 3.87. The number of esters is 1. The molecule has 0 unspecified atom stereocenters. The molecule has 0 saturated carbocycles. The van der Waals surface area contributed by atoms with E-state index in [1.165, 1.54) is 17.9 Å². The number of aromatic nitrogens is 5. The number of hydrogen-bond donors (Lipinski definition) is 0. The summed E-state index contributed by atoms with van der Waals surface area (Å²) in [5.74, 6) is -0.626. The van der Waals surface area contributed by atoms with Gasteiger partial charge in [-0.15, -0.1) is 0 Å². The standard InChI is InChI=1S/C11H12ClN5O3/c1-3-16-11(19)17(15-14-16)6-7-4-5-8(12)13-9(7)10(18)20-2/h4-5H,3,6H2,1-2H3. The lowest BCUT2D eigenvalue weighted by Gasteiger charge is -2.06. The van der Waals surface area contributed by atoms with Crippen LogP contribution in [0.1, 0.15) is 23.0 Å². The van der Waals surface area contributed by atoms with E-state index in [-0.39, 0.29) is 23.1 Å². The van der Waals surface area contributed by atoms with Crippen molar-refractivity contribution in [3.05, 3.63) is 39.0 Å². The Morgan fingerprint density at radius 2 is 2.05 bits per heavy atom. The zero-order valence-electron chi connectivity index (χ0n) is 10.9. The predicted molar refractivity (Wildman–Crippen MR) is 69.6 cm³/mol. The molecule has 0 aliphatic heterocycles. The molecule has 106 valence electrons. The molecule has 0 saturated heterocycles. The van der Waals surface area contributed by atoms with Gasteiger partial charge in [0, 0.05) is 12.1 Å². The van der Waals surface area contributed by atoms with Crippen LogP contribution in [0.15, 0.2) is 16.9 Å². The van der Waals surface area contributed by atoms with E-state index in [4.69, 9.17) is 11.6 Å². The molecule has 0 atom stereocenters. The summed E-state index contributed by atoms with van der Waals surface area (Å²) in [6, 6.07) is 3.12. The summed E-state index contributed by atoms with van der Waals surface area (Å²) >= 11 is 5.76. The molecule has 0 spiro atoms. The lowest BCUT2D eigenvalue weighted by Crippen LogP contribution is -2.26. The second-order valence-corrected chi connectivity index (χ2v) is 4.26. The molecule has 2 aromatic rings. The maximum Gasteiger partial charge on any atom is 0.363 e. The first-order chi connectivity index (χ1) is 9.56. The number of ether oxygens (including phenoxy) is 1.